The molecule has 1 aliphatic rings. The van der Waals surface area contributed by atoms with Gasteiger partial charge in [0.15, 0.2) is 5.82 Å². The van der Waals surface area contributed by atoms with E-state index in [2.05, 4.69) is 16.0 Å². The van der Waals surface area contributed by atoms with Crippen molar-refractivity contribution in [2.24, 2.45) is 5.92 Å². The molecule has 0 spiro atoms. The number of aryl methyl sites for hydroxylation is 1. The molecule has 0 bridgehead atoms. The van der Waals surface area contributed by atoms with Gasteiger partial charge in [-0.2, -0.15) is 0 Å². The molecule has 0 radical (unpaired) electrons. The van der Waals surface area contributed by atoms with Gasteiger partial charge in [0, 0.05) is 31.6 Å². The van der Waals surface area contributed by atoms with Crippen LogP contribution in [0.1, 0.15) is 31.7 Å². The highest BCUT2D eigenvalue weighted by molar-refractivity contribution is 5.91. The van der Waals surface area contributed by atoms with Gasteiger partial charge in [0.05, 0.1) is 11.8 Å². The molecule has 0 saturated carbocycles. The highest BCUT2D eigenvalue weighted by Gasteiger charge is 2.27. The van der Waals surface area contributed by atoms with Crippen molar-refractivity contribution in [1.29, 1.82) is 0 Å². The Bertz CT molecular complexity index is 1020. The third kappa shape index (κ3) is 5.95. The van der Waals surface area contributed by atoms with E-state index >= 15 is 0 Å². The Kier molecular flexibility index (Phi) is 8.00. The van der Waals surface area contributed by atoms with E-state index in [1.807, 2.05) is 45.1 Å². The van der Waals surface area contributed by atoms with Crippen molar-refractivity contribution in [3.8, 4) is 0 Å². The number of aliphatic hydroxyl groups is 2. The summed E-state index contributed by atoms with van der Waals surface area (Å²) in [7, 11) is 0. The number of anilines is 1. The molecule has 2 heterocycles. The molecule has 1 fully saturated rings. The van der Waals surface area contributed by atoms with Crippen molar-refractivity contribution in [3.63, 3.8) is 0 Å². The first-order valence-corrected chi connectivity index (χ1v) is 11.0. The topological polar surface area (TPSA) is 89.8 Å². The van der Waals surface area contributed by atoms with Crippen LogP contribution in [0.4, 0.5) is 5.82 Å². The maximum absolute atomic E-state index is 12.6. The number of hydrogen-bond acceptors (Lipinski definition) is 6. The summed E-state index contributed by atoms with van der Waals surface area (Å²) in [4.78, 5) is 26.0. The average Bonchev–Trinajstić information content (AvgIpc) is 2.77. The predicted molar refractivity (Wildman–Crippen MR) is 128 cm³/mol. The molecule has 2 N–H and O–H groups in total. The van der Waals surface area contributed by atoms with Gasteiger partial charge >= 0.3 is 0 Å². The number of fused-ring (bicyclic) bond motifs is 1. The number of nitrogens with zero attached hydrogens (tertiary/aromatic N) is 4. The first-order valence-electron chi connectivity index (χ1n) is 11.0. The molecule has 7 nitrogen and oxygen atoms in total. The third-order valence-electron chi connectivity index (χ3n) is 5.38. The summed E-state index contributed by atoms with van der Waals surface area (Å²) in [5.41, 5.74) is 2.00. The van der Waals surface area contributed by atoms with Gasteiger partial charge in [-0.1, -0.05) is 38.1 Å². The lowest BCUT2D eigenvalue weighted by atomic mass is 10.0. The zero-order chi connectivity index (χ0) is 23.1. The standard InChI is InChI=1S/C25H32N4O3/c1-18(2)16-22(31)25(32)29-13-11-28(12-14-29)24-20-10-9-19(3)17-21(20)26-23(27-24)8-6-4-5-7-15-30/h4-10,15,17-18,22,30-31H,11-14,16H2,1-3H3/b5-4-,8-6+,15-7+. The summed E-state index contributed by atoms with van der Waals surface area (Å²) in [6, 6.07) is 6.14. The van der Waals surface area contributed by atoms with Crippen molar-refractivity contribution >= 4 is 28.7 Å². The van der Waals surface area contributed by atoms with Crippen LogP contribution in [0.3, 0.4) is 0 Å². The second-order valence-corrected chi connectivity index (χ2v) is 8.47. The molecule has 2 aromatic rings. The van der Waals surface area contributed by atoms with E-state index in [9.17, 15) is 9.90 Å². The molecule has 1 atom stereocenters. The van der Waals surface area contributed by atoms with Gasteiger partial charge in [-0.05, 0) is 49.1 Å². The minimum absolute atomic E-state index is 0.186. The fourth-order valence-electron chi connectivity index (χ4n) is 3.77. The summed E-state index contributed by atoms with van der Waals surface area (Å²) in [5, 5.41) is 19.9. The summed E-state index contributed by atoms with van der Waals surface area (Å²) < 4.78 is 0. The van der Waals surface area contributed by atoms with Crippen LogP contribution in [0.2, 0.25) is 0 Å². The highest BCUT2D eigenvalue weighted by atomic mass is 16.3. The number of amides is 1. The zero-order valence-electron chi connectivity index (χ0n) is 19.0. The number of carbonyl (C=O) groups excluding carboxylic acids is 1. The van der Waals surface area contributed by atoms with Crippen molar-refractivity contribution < 1.29 is 15.0 Å². The Labute approximate surface area is 189 Å². The minimum atomic E-state index is -0.935. The highest BCUT2D eigenvalue weighted by Crippen LogP contribution is 2.26. The van der Waals surface area contributed by atoms with Gasteiger partial charge < -0.3 is 20.0 Å². The third-order valence-corrected chi connectivity index (χ3v) is 5.38. The molecule has 1 aromatic heterocycles. The van der Waals surface area contributed by atoms with Crippen molar-refractivity contribution in [1.82, 2.24) is 14.9 Å². The van der Waals surface area contributed by atoms with Crippen LogP contribution in [0.15, 0.2) is 48.8 Å². The largest absolute Gasteiger partial charge is 0.516 e. The fourth-order valence-corrected chi connectivity index (χ4v) is 3.77. The Morgan fingerprint density at radius 1 is 1.09 bits per heavy atom. The Hall–Kier alpha value is -3.19. The van der Waals surface area contributed by atoms with Gasteiger partial charge in [-0.15, -0.1) is 0 Å². The molecule has 1 aromatic carbocycles. The van der Waals surface area contributed by atoms with E-state index in [-0.39, 0.29) is 11.8 Å². The Morgan fingerprint density at radius 3 is 2.50 bits per heavy atom. The minimum Gasteiger partial charge on any atom is -0.516 e. The van der Waals surface area contributed by atoms with E-state index in [0.717, 1.165) is 28.5 Å². The van der Waals surface area contributed by atoms with Gasteiger partial charge in [0.1, 0.15) is 11.9 Å². The number of allylic oxidation sites excluding steroid dienone is 4. The average molecular weight is 437 g/mol. The van der Waals surface area contributed by atoms with Gasteiger partial charge in [0.2, 0.25) is 0 Å². The van der Waals surface area contributed by atoms with Crippen LogP contribution in [-0.4, -0.2) is 63.3 Å². The Balaban J connectivity index is 1.81. The van der Waals surface area contributed by atoms with Crippen LogP contribution in [0.5, 0.6) is 0 Å². The molecule has 0 aliphatic carbocycles. The second-order valence-electron chi connectivity index (χ2n) is 8.47. The van der Waals surface area contributed by atoms with Crippen molar-refractivity contribution in [2.75, 3.05) is 31.1 Å². The lowest BCUT2D eigenvalue weighted by molar-refractivity contribution is -0.141. The second kappa shape index (κ2) is 10.9. The number of rotatable bonds is 7. The number of aliphatic hydroxyl groups excluding tert-OH is 2. The van der Waals surface area contributed by atoms with Crippen LogP contribution < -0.4 is 4.90 Å². The Morgan fingerprint density at radius 2 is 1.81 bits per heavy atom. The van der Waals surface area contributed by atoms with Crippen LogP contribution in [0, 0.1) is 12.8 Å². The van der Waals surface area contributed by atoms with Crippen LogP contribution in [0.25, 0.3) is 17.0 Å². The zero-order valence-corrected chi connectivity index (χ0v) is 19.0. The lowest BCUT2D eigenvalue weighted by Gasteiger charge is -2.36. The monoisotopic (exact) mass is 436 g/mol. The van der Waals surface area contributed by atoms with E-state index < -0.39 is 6.10 Å². The van der Waals surface area contributed by atoms with E-state index in [4.69, 9.17) is 10.1 Å². The predicted octanol–water partition coefficient (Wildman–Crippen LogP) is 3.63. The van der Waals surface area contributed by atoms with Crippen LogP contribution >= 0.6 is 0 Å². The summed E-state index contributed by atoms with van der Waals surface area (Å²) >= 11 is 0. The molecule has 1 amide bonds. The summed E-state index contributed by atoms with van der Waals surface area (Å²) in [6.07, 6.45) is 9.21. The summed E-state index contributed by atoms with van der Waals surface area (Å²) in [5.74, 6) is 1.53. The fraction of sp³-hybridized carbons (Fsp3) is 0.400. The smallest absolute Gasteiger partial charge is 0.251 e. The molecule has 32 heavy (non-hydrogen) atoms. The first-order chi connectivity index (χ1) is 15.4. The first kappa shape index (κ1) is 23.5. The normalized spacial score (nSPS) is 16.3. The number of piperazine rings is 1. The quantitative estimate of drug-likeness (QED) is 0.509. The molecule has 7 heteroatoms. The van der Waals surface area contributed by atoms with Gasteiger partial charge in [0.25, 0.3) is 5.91 Å². The molecular formula is C25H32N4O3. The van der Waals surface area contributed by atoms with Gasteiger partial charge in [-0.25, -0.2) is 9.97 Å². The van der Waals surface area contributed by atoms with Crippen molar-refractivity contribution in [2.45, 2.75) is 33.3 Å². The lowest BCUT2D eigenvalue weighted by Crippen LogP contribution is -2.52. The van der Waals surface area contributed by atoms with Gasteiger partial charge in [-0.3, -0.25) is 4.79 Å². The van der Waals surface area contributed by atoms with E-state index in [1.54, 1.807) is 17.1 Å². The summed E-state index contributed by atoms with van der Waals surface area (Å²) in [6.45, 7) is 8.42. The molecule has 170 valence electrons. The van der Waals surface area contributed by atoms with E-state index in [1.165, 1.54) is 6.08 Å². The van der Waals surface area contributed by atoms with Crippen LogP contribution in [-0.2, 0) is 4.79 Å². The molecule has 1 unspecified atom stereocenters. The SMILES string of the molecule is Cc1ccc2c(N3CCN(C(=O)C(O)CC(C)C)CC3)nc(/C=C/C=C\C=C\O)nc2c1. The van der Waals surface area contributed by atoms with E-state index in [0.29, 0.717) is 38.4 Å². The number of hydrogen-bond donors (Lipinski definition) is 2. The maximum atomic E-state index is 12.6. The van der Waals surface area contributed by atoms with Crippen molar-refractivity contribution in [3.05, 3.63) is 60.2 Å². The molecule has 3 rings (SSSR count). The molecule has 1 saturated heterocycles. The molecular weight excluding hydrogens is 404 g/mol. The molecule has 1 aliphatic heterocycles. The number of aromatic nitrogens is 2. The maximum Gasteiger partial charge on any atom is 0.251 e. The number of carbonyl (C=O) groups is 1. The number of benzene rings is 1.